The van der Waals surface area contributed by atoms with Crippen LogP contribution in [0, 0.1) is 6.92 Å². The Balaban J connectivity index is 1.58. The van der Waals surface area contributed by atoms with E-state index in [4.69, 9.17) is 32.7 Å². The van der Waals surface area contributed by atoms with Gasteiger partial charge in [-0.1, -0.05) is 23.2 Å². The Labute approximate surface area is 188 Å². The number of carbonyl (C=O) groups is 1. The van der Waals surface area contributed by atoms with Crippen LogP contribution in [0.3, 0.4) is 0 Å². The van der Waals surface area contributed by atoms with Gasteiger partial charge in [0.2, 0.25) is 15.8 Å². The van der Waals surface area contributed by atoms with Gasteiger partial charge in [0, 0.05) is 42.3 Å². The van der Waals surface area contributed by atoms with Crippen LogP contribution in [0.15, 0.2) is 39.6 Å². The molecule has 2 N–H and O–H groups in total. The molecule has 0 spiro atoms. The zero-order valence-electron chi connectivity index (χ0n) is 16.3. The molecule has 1 aliphatic heterocycles. The van der Waals surface area contributed by atoms with Gasteiger partial charge in [-0.25, -0.2) is 13.2 Å². The minimum absolute atomic E-state index is 0.116. The second-order valence-electron chi connectivity index (χ2n) is 7.16. The van der Waals surface area contributed by atoms with Gasteiger partial charge in [0.25, 0.3) is 0 Å². The molecule has 0 unspecified atom stereocenters. The van der Waals surface area contributed by atoms with E-state index in [1.807, 2.05) is 17.9 Å². The Morgan fingerprint density at radius 2 is 1.77 bits per heavy atom. The lowest BCUT2D eigenvalue weighted by Crippen LogP contribution is -2.48. The number of aromatic hydroxyl groups is 1. The van der Waals surface area contributed by atoms with Crippen molar-refractivity contribution in [3.05, 3.63) is 51.7 Å². The van der Waals surface area contributed by atoms with Crippen molar-refractivity contribution in [3.63, 3.8) is 0 Å². The molecule has 0 saturated carbocycles. The number of anilines is 1. The lowest BCUT2D eigenvalue weighted by atomic mass is 10.1. The van der Waals surface area contributed by atoms with Crippen LogP contribution in [0.5, 0.6) is 5.75 Å². The molecule has 11 heteroatoms. The number of sulfonamides is 1. The molecule has 0 aliphatic carbocycles. The van der Waals surface area contributed by atoms with E-state index in [2.05, 4.69) is 0 Å². The van der Waals surface area contributed by atoms with E-state index in [1.54, 1.807) is 6.07 Å². The van der Waals surface area contributed by atoms with Crippen molar-refractivity contribution in [2.75, 3.05) is 31.1 Å². The number of piperazine rings is 1. The van der Waals surface area contributed by atoms with Crippen LogP contribution in [-0.2, 0) is 10.0 Å². The summed E-state index contributed by atoms with van der Waals surface area (Å²) in [5.41, 5.74) is 2.20. The number of furan rings is 1. The highest BCUT2D eigenvalue weighted by Gasteiger charge is 2.32. The number of hydrogen-bond acceptors (Lipinski definition) is 6. The van der Waals surface area contributed by atoms with Crippen LogP contribution in [0.4, 0.5) is 5.69 Å². The third kappa shape index (κ3) is 3.82. The summed E-state index contributed by atoms with van der Waals surface area (Å²) in [6, 6.07) is 7.49. The summed E-state index contributed by atoms with van der Waals surface area (Å²) in [5, 5.41) is 20.0. The van der Waals surface area contributed by atoms with Crippen molar-refractivity contribution in [2.45, 2.75) is 11.8 Å². The number of fused-ring (bicyclic) bond motifs is 1. The Hall–Kier alpha value is -2.46. The molecular formula is C20H18Cl2N2O6S. The maximum atomic E-state index is 13.0. The van der Waals surface area contributed by atoms with Crippen molar-refractivity contribution < 1.29 is 27.8 Å². The molecule has 3 aromatic rings. The van der Waals surface area contributed by atoms with Gasteiger partial charge in [0.15, 0.2) is 5.75 Å². The standard InChI is InChI=1S/C20H18Cl2N2O6S/c1-11-13-10-17(20(26)27)30-16(13)3-2-15(11)23-4-6-24(7-5-23)31(28,29)18-9-12(21)8-14(22)19(18)25/h2-3,8-10,25H,4-7H2,1H3,(H,26,27). The Kier molecular flexibility index (Phi) is 5.55. The van der Waals surface area contributed by atoms with Gasteiger partial charge in [-0.05, 0) is 42.8 Å². The van der Waals surface area contributed by atoms with E-state index in [9.17, 15) is 18.3 Å². The number of carboxylic acids is 1. The summed E-state index contributed by atoms with van der Waals surface area (Å²) in [6.45, 7) is 3.06. The minimum atomic E-state index is -3.99. The number of halogens is 2. The molecule has 0 radical (unpaired) electrons. The van der Waals surface area contributed by atoms with Gasteiger partial charge in [-0.3, -0.25) is 0 Å². The third-order valence-electron chi connectivity index (χ3n) is 5.34. The molecule has 2 heterocycles. The average Bonchev–Trinajstić information content (AvgIpc) is 3.17. The fourth-order valence-electron chi connectivity index (χ4n) is 3.74. The van der Waals surface area contributed by atoms with Gasteiger partial charge < -0.3 is 19.5 Å². The SMILES string of the molecule is Cc1c(N2CCN(S(=O)(=O)c3cc(Cl)cc(Cl)c3O)CC2)ccc2oc(C(=O)O)cc12. The molecule has 1 saturated heterocycles. The number of carboxylic acid groups (broad SMARTS) is 1. The maximum Gasteiger partial charge on any atom is 0.371 e. The molecule has 0 bridgehead atoms. The Bertz CT molecular complexity index is 1300. The van der Waals surface area contributed by atoms with Crippen molar-refractivity contribution >= 4 is 55.9 Å². The molecule has 1 fully saturated rings. The topological polar surface area (TPSA) is 111 Å². The average molecular weight is 485 g/mol. The number of aryl methyl sites for hydroxylation is 1. The highest BCUT2D eigenvalue weighted by Crippen LogP contribution is 2.36. The summed E-state index contributed by atoms with van der Waals surface area (Å²) in [7, 11) is -3.99. The lowest BCUT2D eigenvalue weighted by molar-refractivity contribution is 0.0665. The fourth-order valence-corrected chi connectivity index (χ4v) is 5.90. The van der Waals surface area contributed by atoms with E-state index in [1.165, 1.54) is 22.5 Å². The Morgan fingerprint density at radius 3 is 2.42 bits per heavy atom. The summed E-state index contributed by atoms with van der Waals surface area (Å²) in [4.78, 5) is 12.9. The number of rotatable bonds is 4. The third-order valence-corrected chi connectivity index (χ3v) is 7.76. The highest BCUT2D eigenvalue weighted by atomic mass is 35.5. The van der Waals surface area contributed by atoms with Crippen LogP contribution in [-0.4, -0.2) is 55.1 Å². The second-order valence-corrected chi connectivity index (χ2v) is 9.91. The minimum Gasteiger partial charge on any atom is -0.505 e. The zero-order valence-corrected chi connectivity index (χ0v) is 18.6. The molecule has 0 amide bonds. The zero-order chi connectivity index (χ0) is 22.5. The van der Waals surface area contributed by atoms with Crippen LogP contribution in [0.25, 0.3) is 11.0 Å². The Morgan fingerprint density at radius 1 is 1.10 bits per heavy atom. The van der Waals surface area contributed by atoms with Crippen molar-refractivity contribution in [3.8, 4) is 5.75 Å². The number of nitrogens with zero attached hydrogens (tertiary/aromatic N) is 2. The smallest absolute Gasteiger partial charge is 0.371 e. The molecule has 31 heavy (non-hydrogen) atoms. The first-order chi connectivity index (χ1) is 14.6. The van der Waals surface area contributed by atoms with Crippen molar-refractivity contribution in [1.82, 2.24) is 4.31 Å². The summed E-state index contributed by atoms with van der Waals surface area (Å²) in [6.07, 6.45) is 0. The molecular weight excluding hydrogens is 467 g/mol. The van der Waals surface area contributed by atoms with Gasteiger partial charge in [0.1, 0.15) is 10.5 Å². The van der Waals surface area contributed by atoms with E-state index in [0.717, 1.165) is 11.3 Å². The first kappa shape index (κ1) is 21.8. The number of benzene rings is 2. The number of aromatic carboxylic acids is 1. The molecule has 2 aromatic carbocycles. The van der Waals surface area contributed by atoms with E-state index < -0.39 is 21.7 Å². The number of phenolic OH excluding ortho intramolecular Hbond substituents is 1. The summed E-state index contributed by atoms with van der Waals surface area (Å²) < 4.78 is 32.7. The predicted octanol–water partition coefficient (Wildman–Crippen LogP) is 3.96. The maximum absolute atomic E-state index is 13.0. The molecule has 164 valence electrons. The number of hydrogen-bond donors (Lipinski definition) is 2. The monoisotopic (exact) mass is 484 g/mol. The van der Waals surface area contributed by atoms with Crippen LogP contribution in [0.2, 0.25) is 10.0 Å². The van der Waals surface area contributed by atoms with Gasteiger partial charge in [-0.2, -0.15) is 4.31 Å². The molecule has 4 rings (SSSR count). The van der Waals surface area contributed by atoms with E-state index in [-0.39, 0.29) is 33.8 Å². The largest absolute Gasteiger partial charge is 0.505 e. The van der Waals surface area contributed by atoms with Crippen molar-refractivity contribution in [2.24, 2.45) is 0 Å². The molecule has 1 aliphatic rings. The molecule has 0 atom stereocenters. The number of phenols is 1. The van der Waals surface area contributed by atoms with Crippen LogP contribution < -0.4 is 4.90 Å². The first-order valence-corrected chi connectivity index (χ1v) is 11.5. The quantitative estimate of drug-likeness (QED) is 0.576. The van der Waals surface area contributed by atoms with Crippen LogP contribution in [0.1, 0.15) is 16.1 Å². The summed E-state index contributed by atoms with van der Waals surface area (Å²) in [5.74, 6) is -1.80. The van der Waals surface area contributed by atoms with E-state index >= 15 is 0 Å². The molecule has 1 aromatic heterocycles. The fraction of sp³-hybridized carbons (Fsp3) is 0.250. The normalized spacial score (nSPS) is 15.5. The van der Waals surface area contributed by atoms with Crippen molar-refractivity contribution in [1.29, 1.82) is 0 Å². The lowest BCUT2D eigenvalue weighted by Gasteiger charge is -2.36. The highest BCUT2D eigenvalue weighted by molar-refractivity contribution is 7.89. The predicted molar refractivity (Wildman–Crippen MR) is 117 cm³/mol. The second kappa shape index (κ2) is 7.90. The first-order valence-electron chi connectivity index (χ1n) is 9.29. The van der Waals surface area contributed by atoms with Crippen LogP contribution >= 0.6 is 23.2 Å². The van der Waals surface area contributed by atoms with Gasteiger partial charge in [-0.15, -0.1) is 0 Å². The van der Waals surface area contributed by atoms with Gasteiger partial charge in [0.05, 0.1) is 5.02 Å². The summed E-state index contributed by atoms with van der Waals surface area (Å²) >= 11 is 11.8. The van der Waals surface area contributed by atoms with Gasteiger partial charge >= 0.3 is 5.97 Å². The molecule has 8 nitrogen and oxygen atoms in total. The van der Waals surface area contributed by atoms with E-state index in [0.29, 0.717) is 24.1 Å².